The average Bonchev–Trinajstić information content (AvgIpc) is 3.59. The van der Waals surface area contributed by atoms with Crippen molar-refractivity contribution in [3.05, 3.63) is 39.4 Å². The summed E-state index contributed by atoms with van der Waals surface area (Å²) in [5.74, 6) is 0.496. The van der Waals surface area contributed by atoms with E-state index in [1.54, 1.807) is 25.2 Å². The van der Waals surface area contributed by atoms with Gasteiger partial charge in [-0.15, -0.1) is 11.3 Å². The average molecular weight is 471 g/mol. The van der Waals surface area contributed by atoms with Crippen LogP contribution < -0.4 is 0 Å². The predicted octanol–water partition coefficient (Wildman–Crippen LogP) is 2.86. The van der Waals surface area contributed by atoms with Crippen molar-refractivity contribution < 1.29 is 18.9 Å². The van der Waals surface area contributed by atoms with Crippen LogP contribution in [0.4, 0.5) is 0 Å². The fourth-order valence-corrected chi connectivity index (χ4v) is 6.32. The van der Waals surface area contributed by atoms with Crippen LogP contribution in [0.3, 0.4) is 0 Å². The summed E-state index contributed by atoms with van der Waals surface area (Å²) in [7, 11) is 0. The summed E-state index contributed by atoms with van der Waals surface area (Å²) in [6.07, 6.45) is 3.05. The minimum absolute atomic E-state index is 0.0117. The number of amides is 3. The van der Waals surface area contributed by atoms with Crippen molar-refractivity contribution in [1.82, 2.24) is 19.9 Å². The Balaban J connectivity index is 1.16. The molecule has 0 bridgehead atoms. The Hall–Kier alpha value is -2.68. The van der Waals surface area contributed by atoms with Crippen LogP contribution in [0.2, 0.25) is 0 Å². The summed E-state index contributed by atoms with van der Waals surface area (Å²) >= 11 is 1.64. The molecule has 3 saturated heterocycles. The smallest absolute Gasteiger partial charge is 0.259 e. The van der Waals surface area contributed by atoms with Gasteiger partial charge in [-0.2, -0.15) is 0 Å². The Bertz CT molecular complexity index is 1040. The first-order valence-corrected chi connectivity index (χ1v) is 12.5. The van der Waals surface area contributed by atoms with Crippen molar-refractivity contribution in [1.29, 1.82) is 0 Å². The van der Waals surface area contributed by atoms with Gasteiger partial charge in [0.25, 0.3) is 5.91 Å². The number of likely N-dealkylation sites (tertiary alicyclic amines) is 3. The normalized spacial score (nSPS) is 22.5. The first kappa shape index (κ1) is 22.1. The van der Waals surface area contributed by atoms with Crippen molar-refractivity contribution in [3.63, 3.8) is 0 Å². The Morgan fingerprint density at radius 2 is 1.91 bits per heavy atom. The van der Waals surface area contributed by atoms with E-state index in [4.69, 9.17) is 4.52 Å². The van der Waals surface area contributed by atoms with Crippen LogP contribution >= 0.6 is 11.3 Å². The predicted molar refractivity (Wildman–Crippen MR) is 123 cm³/mol. The molecular formula is C24H30N4O4S. The molecule has 2 aromatic heterocycles. The minimum atomic E-state index is -0.242. The molecule has 1 unspecified atom stereocenters. The van der Waals surface area contributed by atoms with Gasteiger partial charge >= 0.3 is 0 Å². The molecule has 5 rings (SSSR count). The summed E-state index contributed by atoms with van der Waals surface area (Å²) in [5, 5.41) is 5.92. The maximum Gasteiger partial charge on any atom is 0.259 e. The quantitative estimate of drug-likeness (QED) is 0.686. The molecule has 0 saturated carbocycles. The monoisotopic (exact) mass is 470 g/mol. The number of hydrogen-bond donors (Lipinski definition) is 0. The first-order valence-electron chi connectivity index (χ1n) is 11.7. The van der Waals surface area contributed by atoms with Crippen molar-refractivity contribution in [3.8, 4) is 0 Å². The zero-order chi connectivity index (χ0) is 23.2. The second-order valence-electron chi connectivity index (χ2n) is 9.76. The third-order valence-electron chi connectivity index (χ3n) is 7.60. The van der Waals surface area contributed by atoms with Gasteiger partial charge in [-0.25, -0.2) is 0 Å². The summed E-state index contributed by atoms with van der Waals surface area (Å²) in [6, 6.07) is 4.01. The molecule has 33 heavy (non-hydrogen) atoms. The van der Waals surface area contributed by atoms with Crippen molar-refractivity contribution >= 4 is 29.1 Å². The van der Waals surface area contributed by atoms with E-state index >= 15 is 0 Å². The number of piperidine rings is 1. The lowest BCUT2D eigenvalue weighted by Crippen LogP contribution is -2.45. The zero-order valence-electron chi connectivity index (χ0n) is 19.2. The van der Waals surface area contributed by atoms with Crippen LogP contribution in [0.25, 0.3) is 0 Å². The van der Waals surface area contributed by atoms with Gasteiger partial charge in [0.05, 0.1) is 18.2 Å². The number of hydrogen-bond acceptors (Lipinski definition) is 6. The molecule has 9 heteroatoms. The van der Waals surface area contributed by atoms with E-state index < -0.39 is 0 Å². The molecule has 2 aromatic rings. The van der Waals surface area contributed by atoms with E-state index in [-0.39, 0.29) is 29.1 Å². The molecule has 0 N–H and O–H groups in total. The maximum absolute atomic E-state index is 13.2. The van der Waals surface area contributed by atoms with Gasteiger partial charge in [-0.3, -0.25) is 14.4 Å². The second-order valence-corrected chi connectivity index (χ2v) is 10.8. The van der Waals surface area contributed by atoms with Crippen LogP contribution in [0.15, 0.2) is 22.0 Å². The highest BCUT2D eigenvalue weighted by Gasteiger charge is 2.45. The zero-order valence-corrected chi connectivity index (χ0v) is 20.0. The third kappa shape index (κ3) is 4.18. The van der Waals surface area contributed by atoms with Crippen molar-refractivity contribution in [2.75, 3.05) is 32.7 Å². The summed E-state index contributed by atoms with van der Waals surface area (Å²) in [4.78, 5) is 45.5. The van der Waals surface area contributed by atoms with Gasteiger partial charge in [-0.05, 0) is 50.0 Å². The number of rotatable bonds is 4. The molecule has 0 aliphatic carbocycles. The molecule has 1 atom stereocenters. The summed E-state index contributed by atoms with van der Waals surface area (Å²) in [6.45, 7) is 7.52. The van der Waals surface area contributed by atoms with Gasteiger partial charge in [0.1, 0.15) is 11.3 Å². The molecule has 3 aliphatic rings. The molecule has 176 valence electrons. The highest BCUT2D eigenvalue weighted by molar-refractivity contribution is 7.09. The number of nitrogens with zero attached hydrogens (tertiary/aromatic N) is 4. The Labute approximate surface area is 197 Å². The van der Waals surface area contributed by atoms with E-state index in [1.807, 2.05) is 32.2 Å². The van der Waals surface area contributed by atoms with Crippen molar-refractivity contribution in [2.24, 2.45) is 11.3 Å². The highest BCUT2D eigenvalue weighted by Crippen LogP contribution is 2.41. The molecule has 0 aromatic carbocycles. The second kappa shape index (κ2) is 8.59. The molecule has 3 aliphatic heterocycles. The standard InChI is InChI=1S/C24H30N4O4S/c1-16-21(17(2)32-25-16)23(31)26-8-5-24(6-9-26)7-10-27(15-24)22(30)18-12-20(29)28(13-18)14-19-4-3-11-33-19/h3-4,11,18H,5-10,12-15H2,1-2H3. The molecular weight excluding hydrogens is 440 g/mol. The van der Waals surface area contributed by atoms with Gasteiger partial charge in [-0.1, -0.05) is 11.2 Å². The van der Waals surface area contributed by atoms with E-state index in [1.165, 1.54) is 0 Å². The Morgan fingerprint density at radius 1 is 1.18 bits per heavy atom. The number of carbonyl (C=O) groups is 3. The fraction of sp³-hybridized carbons (Fsp3) is 0.583. The lowest BCUT2D eigenvalue weighted by atomic mass is 9.77. The van der Waals surface area contributed by atoms with Crippen LogP contribution in [0, 0.1) is 25.2 Å². The van der Waals surface area contributed by atoms with Gasteiger partial charge in [0, 0.05) is 44.0 Å². The first-order chi connectivity index (χ1) is 15.8. The lowest BCUT2D eigenvalue weighted by molar-refractivity contribution is -0.135. The number of aromatic nitrogens is 1. The highest BCUT2D eigenvalue weighted by atomic mass is 32.1. The van der Waals surface area contributed by atoms with E-state index in [0.29, 0.717) is 49.6 Å². The number of aryl methyl sites for hydroxylation is 2. The molecule has 3 fully saturated rings. The number of thiophene rings is 1. The Morgan fingerprint density at radius 3 is 2.55 bits per heavy atom. The van der Waals surface area contributed by atoms with Gasteiger partial charge < -0.3 is 19.2 Å². The van der Waals surface area contributed by atoms with E-state index in [2.05, 4.69) is 5.16 Å². The Kier molecular flexibility index (Phi) is 5.76. The van der Waals surface area contributed by atoms with E-state index in [0.717, 1.165) is 37.2 Å². The van der Waals surface area contributed by atoms with E-state index in [9.17, 15) is 14.4 Å². The van der Waals surface area contributed by atoms with Crippen molar-refractivity contribution in [2.45, 2.75) is 46.1 Å². The SMILES string of the molecule is Cc1noc(C)c1C(=O)N1CCC2(CC1)CCN(C(=O)C1CC(=O)N(Cc3cccs3)C1)C2. The van der Waals surface area contributed by atoms with Crippen LogP contribution in [-0.4, -0.2) is 70.3 Å². The van der Waals surface area contributed by atoms with Gasteiger partial charge in [0.15, 0.2) is 0 Å². The van der Waals surface area contributed by atoms with Crippen LogP contribution in [0.5, 0.6) is 0 Å². The molecule has 8 nitrogen and oxygen atoms in total. The van der Waals surface area contributed by atoms with Crippen LogP contribution in [0.1, 0.15) is 52.4 Å². The topological polar surface area (TPSA) is 87.0 Å². The minimum Gasteiger partial charge on any atom is -0.361 e. The van der Waals surface area contributed by atoms with Crippen LogP contribution in [-0.2, 0) is 16.1 Å². The molecule has 3 amide bonds. The number of carbonyl (C=O) groups excluding carboxylic acids is 3. The summed E-state index contributed by atoms with van der Waals surface area (Å²) in [5.41, 5.74) is 1.28. The fourth-order valence-electron chi connectivity index (χ4n) is 5.60. The molecule has 1 spiro atoms. The lowest BCUT2D eigenvalue weighted by Gasteiger charge is -2.39. The molecule has 0 radical (unpaired) electrons. The third-order valence-corrected chi connectivity index (χ3v) is 8.46. The molecule has 5 heterocycles. The maximum atomic E-state index is 13.2. The van der Waals surface area contributed by atoms with Gasteiger partial charge in [0.2, 0.25) is 11.8 Å². The largest absolute Gasteiger partial charge is 0.361 e. The summed E-state index contributed by atoms with van der Waals surface area (Å²) < 4.78 is 5.17.